The fourth-order valence-electron chi connectivity index (χ4n) is 1.22. The van der Waals surface area contributed by atoms with Crippen LogP contribution in [0, 0.1) is 0 Å². The van der Waals surface area contributed by atoms with Gasteiger partial charge in [0.2, 0.25) is 0 Å². The summed E-state index contributed by atoms with van der Waals surface area (Å²) in [5.41, 5.74) is 0. The number of aryl methyl sites for hydroxylation is 2. The Kier molecular flexibility index (Phi) is 2.72. The third kappa shape index (κ3) is 2.38. The lowest BCUT2D eigenvalue weighted by molar-refractivity contribution is 0.612. The maximum Gasteiger partial charge on any atom is 0.164 e. The zero-order valence-electron chi connectivity index (χ0n) is 8.75. The quantitative estimate of drug-likeness (QED) is 0.713. The Balaban J connectivity index is 1.83. The molecule has 1 N–H and O–H groups in total. The van der Waals surface area contributed by atoms with E-state index < -0.39 is 0 Å². The Hall–Kier alpha value is -1.76. The summed E-state index contributed by atoms with van der Waals surface area (Å²) in [6.07, 6.45) is 3.36. The average molecular weight is 207 g/mol. The number of nitrogens with zero attached hydrogens (tertiary/aromatic N) is 6. The molecule has 0 aliphatic heterocycles. The van der Waals surface area contributed by atoms with Gasteiger partial charge in [-0.15, -0.1) is 10.2 Å². The zero-order chi connectivity index (χ0) is 10.7. The highest BCUT2D eigenvalue weighted by Crippen LogP contribution is 1.92. The van der Waals surface area contributed by atoms with Gasteiger partial charge in [-0.25, -0.2) is 4.98 Å². The van der Waals surface area contributed by atoms with Crippen molar-refractivity contribution < 1.29 is 0 Å². The van der Waals surface area contributed by atoms with Crippen LogP contribution in [0.15, 0.2) is 12.7 Å². The normalized spacial score (nSPS) is 10.8. The second kappa shape index (κ2) is 4.18. The number of nitrogens with one attached hydrogen (secondary N) is 1. The van der Waals surface area contributed by atoms with Gasteiger partial charge in [-0.05, 0) is 0 Å². The Bertz CT molecular complexity index is 430. The van der Waals surface area contributed by atoms with Gasteiger partial charge in [0.05, 0.1) is 13.1 Å². The van der Waals surface area contributed by atoms with Gasteiger partial charge in [-0.2, -0.15) is 5.10 Å². The van der Waals surface area contributed by atoms with Crippen molar-refractivity contribution in [2.45, 2.75) is 13.1 Å². The molecule has 0 saturated carbocycles. The number of rotatable bonds is 4. The van der Waals surface area contributed by atoms with E-state index in [-0.39, 0.29) is 0 Å². The SMILES string of the molecule is Cn1cnc(CNCc2nncn2C)n1. The molecule has 0 fully saturated rings. The van der Waals surface area contributed by atoms with Crippen LogP contribution in [0.3, 0.4) is 0 Å². The van der Waals surface area contributed by atoms with Crippen molar-refractivity contribution in [3.63, 3.8) is 0 Å². The summed E-state index contributed by atoms with van der Waals surface area (Å²) < 4.78 is 3.55. The smallest absolute Gasteiger partial charge is 0.164 e. The minimum atomic E-state index is 0.633. The fraction of sp³-hybridized carbons (Fsp3) is 0.500. The first-order valence-corrected chi connectivity index (χ1v) is 4.64. The lowest BCUT2D eigenvalue weighted by Gasteiger charge is -2.00. The molecule has 15 heavy (non-hydrogen) atoms. The van der Waals surface area contributed by atoms with E-state index in [0.717, 1.165) is 11.6 Å². The molecular weight excluding hydrogens is 194 g/mol. The van der Waals surface area contributed by atoms with Crippen molar-refractivity contribution >= 4 is 0 Å². The van der Waals surface area contributed by atoms with Gasteiger partial charge in [0, 0.05) is 14.1 Å². The summed E-state index contributed by atoms with van der Waals surface area (Å²) >= 11 is 0. The van der Waals surface area contributed by atoms with Crippen LogP contribution in [0.1, 0.15) is 11.6 Å². The Labute approximate surface area is 87.2 Å². The largest absolute Gasteiger partial charge is 0.320 e. The summed E-state index contributed by atoms with van der Waals surface area (Å²) in [5, 5.41) is 15.1. The van der Waals surface area contributed by atoms with Gasteiger partial charge < -0.3 is 9.88 Å². The molecule has 0 atom stereocenters. The van der Waals surface area contributed by atoms with Crippen LogP contribution in [0.2, 0.25) is 0 Å². The first-order chi connectivity index (χ1) is 7.25. The van der Waals surface area contributed by atoms with Crippen LogP contribution in [-0.4, -0.2) is 29.5 Å². The van der Waals surface area contributed by atoms with Gasteiger partial charge in [-0.3, -0.25) is 4.68 Å². The van der Waals surface area contributed by atoms with Crippen molar-refractivity contribution in [1.82, 2.24) is 34.8 Å². The lowest BCUT2D eigenvalue weighted by Crippen LogP contribution is -2.16. The average Bonchev–Trinajstić information content (AvgIpc) is 2.77. The summed E-state index contributed by atoms with van der Waals surface area (Å²) in [5.74, 6) is 1.67. The molecule has 0 amide bonds. The van der Waals surface area contributed by atoms with Gasteiger partial charge in [-0.1, -0.05) is 0 Å². The molecule has 0 spiro atoms. The van der Waals surface area contributed by atoms with Gasteiger partial charge in [0.15, 0.2) is 5.82 Å². The number of aromatic nitrogens is 6. The number of hydrogen-bond donors (Lipinski definition) is 1. The lowest BCUT2D eigenvalue weighted by atomic mass is 10.5. The second-order valence-corrected chi connectivity index (χ2v) is 3.30. The molecule has 0 aliphatic carbocycles. The minimum absolute atomic E-state index is 0.633. The molecule has 0 bridgehead atoms. The van der Waals surface area contributed by atoms with E-state index in [1.54, 1.807) is 17.3 Å². The monoisotopic (exact) mass is 207 g/mol. The van der Waals surface area contributed by atoms with Gasteiger partial charge in [0.1, 0.15) is 18.5 Å². The standard InChI is InChI=1S/C8H13N7/c1-14-6-11-12-8(14)4-9-3-7-10-5-15(2)13-7/h5-6,9H,3-4H2,1-2H3. The summed E-state index contributed by atoms with van der Waals surface area (Å²) in [7, 11) is 3.76. The predicted octanol–water partition coefficient (Wildman–Crippen LogP) is -0.767. The van der Waals surface area contributed by atoms with Crippen molar-refractivity contribution in [1.29, 1.82) is 0 Å². The molecule has 0 saturated heterocycles. The van der Waals surface area contributed by atoms with Crippen molar-refractivity contribution in [3.05, 3.63) is 24.3 Å². The van der Waals surface area contributed by atoms with Gasteiger partial charge in [0.25, 0.3) is 0 Å². The molecular formula is C8H13N7. The molecule has 2 rings (SSSR count). The van der Waals surface area contributed by atoms with Crippen LogP contribution < -0.4 is 5.32 Å². The van der Waals surface area contributed by atoms with Crippen LogP contribution in [0.25, 0.3) is 0 Å². The first kappa shape index (κ1) is 9.78. The fourth-order valence-corrected chi connectivity index (χ4v) is 1.22. The molecule has 7 heteroatoms. The zero-order valence-corrected chi connectivity index (χ0v) is 8.75. The molecule has 2 heterocycles. The first-order valence-electron chi connectivity index (χ1n) is 4.64. The maximum atomic E-state index is 4.15. The summed E-state index contributed by atoms with van der Waals surface area (Å²) in [6, 6.07) is 0. The van der Waals surface area contributed by atoms with Crippen LogP contribution in [-0.2, 0) is 27.2 Å². The Morgan fingerprint density at radius 2 is 2.13 bits per heavy atom. The number of hydrogen-bond acceptors (Lipinski definition) is 5. The highest BCUT2D eigenvalue weighted by molar-refractivity contribution is 4.85. The molecule has 0 radical (unpaired) electrons. The van der Waals surface area contributed by atoms with Crippen LogP contribution in [0.4, 0.5) is 0 Å². The Morgan fingerprint density at radius 1 is 1.27 bits per heavy atom. The van der Waals surface area contributed by atoms with E-state index in [0.29, 0.717) is 13.1 Å². The highest BCUT2D eigenvalue weighted by atomic mass is 15.3. The van der Waals surface area contributed by atoms with Crippen molar-refractivity contribution in [2.75, 3.05) is 0 Å². The van der Waals surface area contributed by atoms with Crippen molar-refractivity contribution in [2.24, 2.45) is 14.1 Å². The van der Waals surface area contributed by atoms with Crippen LogP contribution >= 0.6 is 0 Å². The van der Waals surface area contributed by atoms with Crippen LogP contribution in [0.5, 0.6) is 0 Å². The molecule has 2 aromatic heterocycles. The van der Waals surface area contributed by atoms with E-state index in [1.165, 1.54) is 0 Å². The van der Waals surface area contributed by atoms with E-state index >= 15 is 0 Å². The third-order valence-electron chi connectivity index (χ3n) is 2.02. The highest BCUT2D eigenvalue weighted by Gasteiger charge is 2.01. The summed E-state index contributed by atoms with van der Waals surface area (Å²) in [4.78, 5) is 4.10. The van der Waals surface area contributed by atoms with E-state index in [2.05, 4.69) is 25.6 Å². The molecule has 2 aromatic rings. The maximum absolute atomic E-state index is 4.15. The van der Waals surface area contributed by atoms with E-state index in [4.69, 9.17) is 0 Å². The minimum Gasteiger partial charge on any atom is -0.320 e. The van der Waals surface area contributed by atoms with Gasteiger partial charge >= 0.3 is 0 Å². The molecule has 7 nitrogen and oxygen atoms in total. The molecule has 0 unspecified atom stereocenters. The molecule has 0 aromatic carbocycles. The second-order valence-electron chi connectivity index (χ2n) is 3.30. The third-order valence-corrected chi connectivity index (χ3v) is 2.02. The summed E-state index contributed by atoms with van der Waals surface area (Å²) in [6.45, 7) is 1.29. The topological polar surface area (TPSA) is 73.5 Å². The molecule has 0 aliphatic rings. The Morgan fingerprint density at radius 3 is 2.73 bits per heavy atom. The molecule has 80 valence electrons. The van der Waals surface area contributed by atoms with Crippen molar-refractivity contribution in [3.8, 4) is 0 Å². The predicted molar refractivity (Wildman–Crippen MR) is 52.5 cm³/mol. The van der Waals surface area contributed by atoms with E-state index in [1.807, 2.05) is 18.7 Å². The van der Waals surface area contributed by atoms with E-state index in [9.17, 15) is 0 Å².